The third kappa shape index (κ3) is 29.4. The van der Waals surface area contributed by atoms with Gasteiger partial charge in [0.1, 0.15) is 24.9 Å². The van der Waals surface area contributed by atoms with Crippen molar-refractivity contribution in [3.05, 3.63) is 97.2 Å². The number of aliphatic hydroxyl groups is 3. The summed E-state index contributed by atoms with van der Waals surface area (Å²) in [5.41, 5.74) is 0. The van der Waals surface area contributed by atoms with Gasteiger partial charge in [0.05, 0.1) is 6.61 Å². The van der Waals surface area contributed by atoms with Crippen molar-refractivity contribution in [2.24, 2.45) is 0 Å². The van der Waals surface area contributed by atoms with Crippen LogP contribution < -0.4 is 0 Å². The third-order valence-corrected chi connectivity index (χ3v) is 9.43. The summed E-state index contributed by atoms with van der Waals surface area (Å²) < 4.78 is 21.6. The number of carbonyl (C=O) groups excluding carboxylic acids is 2. The van der Waals surface area contributed by atoms with E-state index in [0.717, 1.165) is 83.5 Å². The number of aliphatic hydroxyl groups excluding tert-OH is 3. The van der Waals surface area contributed by atoms with Crippen molar-refractivity contribution < 1.29 is 53.8 Å². The van der Waals surface area contributed by atoms with Gasteiger partial charge in [-0.3, -0.25) is 9.59 Å². The fourth-order valence-corrected chi connectivity index (χ4v) is 5.93. The van der Waals surface area contributed by atoms with Crippen LogP contribution in [0.2, 0.25) is 0 Å². The highest BCUT2D eigenvalue weighted by Crippen LogP contribution is 2.23. The molecule has 11 heteroatoms. The van der Waals surface area contributed by atoms with E-state index in [1.165, 1.54) is 19.3 Å². The summed E-state index contributed by atoms with van der Waals surface area (Å²) in [7, 11) is 0. The molecule has 1 fully saturated rings. The summed E-state index contributed by atoms with van der Waals surface area (Å²) in [6.45, 7) is 3.57. The third-order valence-electron chi connectivity index (χ3n) is 9.43. The van der Waals surface area contributed by atoms with Crippen molar-refractivity contribution in [1.82, 2.24) is 0 Å². The molecule has 0 aromatic rings. The number of ether oxygens (including phenoxy) is 4. The molecule has 0 radical (unpaired) electrons. The Morgan fingerprint density at radius 1 is 0.533 bits per heavy atom. The van der Waals surface area contributed by atoms with Gasteiger partial charge in [-0.15, -0.1) is 0 Å². The van der Waals surface area contributed by atoms with E-state index >= 15 is 0 Å². The van der Waals surface area contributed by atoms with Gasteiger partial charge in [0, 0.05) is 12.8 Å². The van der Waals surface area contributed by atoms with E-state index in [1.54, 1.807) is 0 Å². The second kappa shape index (κ2) is 38.1. The van der Waals surface area contributed by atoms with Crippen molar-refractivity contribution in [3.63, 3.8) is 0 Å². The van der Waals surface area contributed by atoms with Gasteiger partial charge >= 0.3 is 17.9 Å². The van der Waals surface area contributed by atoms with Gasteiger partial charge in [-0.2, -0.15) is 0 Å². The van der Waals surface area contributed by atoms with E-state index in [0.29, 0.717) is 12.8 Å². The monoisotopic (exact) mass is 841 g/mol. The average molecular weight is 841 g/mol. The molecular formula is C49H76O11. The van der Waals surface area contributed by atoms with Crippen LogP contribution in [0.25, 0.3) is 0 Å². The normalized spacial score (nSPS) is 20.7. The van der Waals surface area contributed by atoms with Crippen molar-refractivity contribution in [3.8, 4) is 0 Å². The Balaban J connectivity index is 2.45. The summed E-state index contributed by atoms with van der Waals surface area (Å²) in [5, 5.41) is 39.8. The molecule has 0 aromatic heterocycles. The van der Waals surface area contributed by atoms with E-state index in [1.807, 2.05) is 12.2 Å². The Bertz CT molecular complexity index is 1360. The first-order valence-electron chi connectivity index (χ1n) is 22.3. The molecule has 6 unspecified atom stereocenters. The van der Waals surface area contributed by atoms with Crippen LogP contribution in [0.15, 0.2) is 97.2 Å². The van der Waals surface area contributed by atoms with Gasteiger partial charge in [-0.05, 0) is 83.5 Å². The number of aliphatic carboxylic acids is 1. The Hall–Kier alpha value is -3.87. The quantitative estimate of drug-likeness (QED) is 0.0272. The van der Waals surface area contributed by atoms with E-state index in [-0.39, 0.29) is 19.4 Å². The van der Waals surface area contributed by atoms with Crippen molar-refractivity contribution >= 4 is 17.9 Å². The summed E-state index contributed by atoms with van der Waals surface area (Å²) in [4.78, 5) is 36.8. The first-order valence-corrected chi connectivity index (χ1v) is 22.3. The molecule has 1 saturated heterocycles. The molecule has 0 spiro atoms. The van der Waals surface area contributed by atoms with Gasteiger partial charge in [-0.1, -0.05) is 143 Å². The Kier molecular flexibility index (Phi) is 34.4. The summed E-state index contributed by atoms with van der Waals surface area (Å²) >= 11 is 0. The lowest BCUT2D eigenvalue weighted by Crippen LogP contribution is -2.60. The van der Waals surface area contributed by atoms with E-state index in [9.17, 15) is 34.8 Å². The van der Waals surface area contributed by atoms with Gasteiger partial charge < -0.3 is 39.4 Å². The number of carboxylic acid groups (broad SMARTS) is 1. The molecule has 0 saturated carbocycles. The number of carbonyl (C=O) groups is 3. The topological polar surface area (TPSA) is 169 Å². The largest absolute Gasteiger partial charge is 0.479 e. The summed E-state index contributed by atoms with van der Waals surface area (Å²) in [5.74, 6) is -2.58. The SMILES string of the molecule is CC/C=C\C/C=C\C/C=C\C/C=C\C/C=C\C/C=C\CCC(=O)OCC(COC1OC(C(=O)O)C(O)C(O)C1O)OC(=O)CCCCCCC/C=C\C/C=C\CCCCC. The van der Waals surface area contributed by atoms with Crippen LogP contribution in [0.1, 0.15) is 142 Å². The molecule has 4 N–H and O–H groups in total. The fraction of sp³-hybridized carbons (Fsp3) is 0.612. The standard InChI is InChI=1S/C49H76O11/c1-3-5-7-9-11-13-15-17-19-20-21-22-24-25-27-29-31-33-35-37-42(50)57-39-41(40-58-49-46(54)44(52)45(53)47(60-49)48(55)56)59-43(51)38-36-34-32-30-28-26-23-18-16-14-12-10-8-6-4-2/h5,7,11-14,17-19,21-23,25,27,31,33,41,44-47,49,52-54H,3-4,6,8-10,15-16,20,24,26,28-30,32,34-40H2,1-2H3,(H,55,56)/b7-5-,13-11-,14-12-,19-17-,22-21-,23-18-,27-25-,33-31-. The second-order valence-electron chi connectivity index (χ2n) is 14.8. The number of hydrogen-bond acceptors (Lipinski definition) is 10. The molecule has 338 valence electrons. The number of carboxylic acids is 1. The maximum Gasteiger partial charge on any atom is 0.335 e. The average Bonchev–Trinajstić information content (AvgIpc) is 3.23. The van der Waals surface area contributed by atoms with Crippen LogP contribution in [0.5, 0.6) is 0 Å². The molecule has 0 bridgehead atoms. The van der Waals surface area contributed by atoms with Crippen LogP contribution >= 0.6 is 0 Å². The number of rotatable bonds is 35. The van der Waals surface area contributed by atoms with E-state index in [4.69, 9.17) is 18.9 Å². The first kappa shape index (κ1) is 54.1. The molecule has 60 heavy (non-hydrogen) atoms. The lowest BCUT2D eigenvalue weighted by Gasteiger charge is -2.38. The molecule has 0 aromatic carbocycles. The van der Waals surface area contributed by atoms with Crippen LogP contribution in [0.4, 0.5) is 0 Å². The zero-order chi connectivity index (χ0) is 43.9. The molecule has 6 atom stereocenters. The lowest BCUT2D eigenvalue weighted by atomic mass is 9.99. The molecule has 0 aliphatic carbocycles. The smallest absolute Gasteiger partial charge is 0.335 e. The lowest BCUT2D eigenvalue weighted by molar-refractivity contribution is -0.298. The Labute approximate surface area is 360 Å². The first-order chi connectivity index (χ1) is 29.2. The van der Waals surface area contributed by atoms with Gasteiger partial charge in [0.15, 0.2) is 18.5 Å². The number of allylic oxidation sites excluding steroid dienone is 16. The molecule has 0 amide bonds. The highest BCUT2D eigenvalue weighted by Gasteiger charge is 2.47. The van der Waals surface area contributed by atoms with Crippen molar-refractivity contribution in [1.29, 1.82) is 0 Å². The van der Waals surface area contributed by atoms with Crippen LogP contribution in [0, 0.1) is 0 Å². The highest BCUT2D eigenvalue weighted by molar-refractivity contribution is 5.73. The second-order valence-corrected chi connectivity index (χ2v) is 14.8. The molecule has 1 aliphatic heterocycles. The molecule has 1 rings (SSSR count). The maximum atomic E-state index is 12.8. The van der Waals surface area contributed by atoms with E-state index in [2.05, 4.69) is 98.9 Å². The molecule has 1 heterocycles. The van der Waals surface area contributed by atoms with E-state index < -0.39 is 61.3 Å². The summed E-state index contributed by atoms with van der Waals surface area (Å²) in [6.07, 6.45) is 41.8. The zero-order valence-electron chi connectivity index (χ0n) is 36.4. The number of unbranched alkanes of at least 4 members (excludes halogenated alkanes) is 8. The Morgan fingerprint density at radius 2 is 1.02 bits per heavy atom. The highest BCUT2D eigenvalue weighted by atomic mass is 16.7. The minimum Gasteiger partial charge on any atom is -0.479 e. The van der Waals surface area contributed by atoms with Crippen LogP contribution in [0.3, 0.4) is 0 Å². The van der Waals surface area contributed by atoms with Gasteiger partial charge in [-0.25, -0.2) is 4.79 Å². The van der Waals surface area contributed by atoms with Crippen molar-refractivity contribution in [2.45, 2.75) is 179 Å². The van der Waals surface area contributed by atoms with Crippen molar-refractivity contribution in [2.75, 3.05) is 13.2 Å². The molecule has 11 nitrogen and oxygen atoms in total. The summed E-state index contributed by atoms with van der Waals surface area (Å²) in [6, 6.07) is 0. The predicted octanol–water partition coefficient (Wildman–Crippen LogP) is 9.64. The molecular weight excluding hydrogens is 765 g/mol. The predicted molar refractivity (Wildman–Crippen MR) is 238 cm³/mol. The van der Waals surface area contributed by atoms with Crippen LogP contribution in [-0.2, 0) is 33.3 Å². The Morgan fingerprint density at radius 3 is 1.55 bits per heavy atom. The fourth-order valence-electron chi connectivity index (χ4n) is 5.93. The van der Waals surface area contributed by atoms with Gasteiger partial charge in [0.2, 0.25) is 0 Å². The minimum atomic E-state index is -1.88. The van der Waals surface area contributed by atoms with Crippen LogP contribution in [-0.4, -0.2) is 88.4 Å². The number of hydrogen-bond donors (Lipinski definition) is 4. The maximum absolute atomic E-state index is 12.8. The van der Waals surface area contributed by atoms with Gasteiger partial charge in [0.25, 0.3) is 0 Å². The zero-order valence-corrected chi connectivity index (χ0v) is 36.4. The number of esters is 2. The minimum absolute atomic E-state index is 0.102. The molecule has 1 aliphatic rings.